The lowest BCUT2D eigenvalue weighted by Gasteiger charge is -2.20. The van der Waals surface area contributed by atoms with Gasteiger partial charge in [0.2, 0.25) is 0 Å². The molecule has 1 aromatic rings. The first-order chi connectivity index (χ1) is 8.83. The lowest BCUT2D eigenvalue weighted by Crippen LogP contribution is -2.27. The number of benzene rings is 1. The molecule has 0 aliphatic heterocycles. The highest BCUT2D eigenvalue weighted by Gasteiger charge is 2.44. The lowest BCUT2D eigenvalue weighted by atomic mass is 9.92. The summed E-state index contributed by atoms with van der Waals surface area (Å²) >= 11 is 0. The molecule has 1 aromatic carbocycles. The van der Waals surface area contributed by atoms with Crippen LogP contribution < -0.4 is 5.32 Å². The quantitative estimate of drug-likeness (QED) is 0.845. The average molecular weight is 271 g/mol. The largest absolute Gasteiger partial charge is 0.416 e. The summed E-state index contributed by atoms with van der Waals surface area (Å²) in [4.78, 5) is 0. The number of nitrogens with one attached hydrogen (secondary N) is 1. The maximum absolute atomic E-state index is 12.4. The molecule has 4 heteroatoms. The monoisotopic (exact) mass is 271 g/mol. The maximum Gasteiger partial charge on any atom is 0.416 e. The van der Waals surface area contributed by atoms with Gasteiger partial charge in [-0.2, -0.15) is 13.2 Å². The summed E-state index contributed by atoms with van der Waals surface area (Å²) in [5.41, 5.74) is 0.732. The number of halogens is 3. The summed E-state index contributed by atoms with van der Waals surface area (Å²) in [5, 5.41) is 3.36. The standard InChI is InChI=1S/C15H20F3N/c1-11(2)14(7-8-14)10-19-9-12-3-5-13(6-4-12)15(16,17)18/h3-6,11,19H,7-10H2,1-2H3. The van der Waals surface area contributed by atoms with Crippen LogP contribution in [0.3, 0.4) is 0 Å². The van der Waals surface area contributed by atoms with Gasteiger partial charge in [-0.3, -0.25) is 0 Å². The van der Waals surface area contributed by atoms with Crippen LogP contribution in [0.15, 0.2) is 24.3 Å². The van der Waals surface area contributed by atoms with Gasteiger partial charge >= 0.3 is 6.18 Å². The normalized spacial score (nSPS) is 17.8. The van der Waals surface area contributed by atoms with E-state index in [0.29, 0.717) is 17.9 Å². The van der Waals surface area contributed by atoms with Crippen LogP contribution in [0.1, 0.15) is 37.8 Å². The Balaban J connectivity index is 1.84. The molecule has 19 heavy (non-hydrogen) atoms. The highest BCUT2D eigenvalue weighted by Crippen LogP contribution is 2.51. The first-order valence-corrected chi connectivity index (χ1v) is 6.70. The van der Waals surface area contributed by atoms with Gasteiger partial charge in [-0.1, -0.05) is 26.0 Å². The lowest BCUT2D eigenvalue weighted by molar-refractivity contribution is -0.137. The second kappa shape index (κ2) is 5.16. The van der Waals surface area contributed by atoms with Gasteiger partial charge in [0.05, 0.1) is 5.56 Å². The average Bonchev–Trinajstić information content (AvgIpc) is 3.10. The summed E-state index contributed by atoms with van der Waals surface area (Å²) in [6.45, 7) is 6.04. The van der Waals surface area contributed by atoms with E-state index in [1.807, 2.05) is 0 Å². The van der Waals surface area contributed by atoms with Gasteiger partial charge in [0.15, 0.2) is 0 Å². The van der Waals surface area contributed by atoms with E-state index in [9.17, 15) is 13.2 Å². The topological polar surface area (TPSA) is 12.0 Å². The Morgan fingerprint density at radius 3 is 2.16 bits per heavy atom. The minimum absolute atomic E-state index is 0.423. The van der Waals surface area contributed by atoms with Crippen LogP contribution in [0, 0.1) is 11.3 Å². The number of hydrogen-bond acceptors (Lipinski definition) is 1. The molecule has 0 spiro atoms. The molecule has 0 unspecified atom stereocenters. The fourth-order valence-electron chi connectivity index (χ4n) is 2.39. The predicted octanol–water partition coefficient (Wildman–Crippen LogP) is 4.23. The van der Waals surface area contributed by atoms with Crippen LogP contribution in [0.25, 0.3) is 0 Å². The fourth-order valence-corrected chi connectivity index (χ4v) is 2.39. The van der Waals surface area contributed by atoms with Crippen molar-refractivity contribution in [3.8, 4) is 0 Å². The molecule has 1 fully saturated rings. The zero-order valence-electron chi connectivity index (χ0n) is 11.3. The molecule has 0 aromatic heterocycles. The molecule has 106 valence electrons. The number of hydrogen-bond donors (Lipinski definition) is 1. The van der Waals surface area contributed by atoms with E-state index in [-0.39, 0.29) is 0 Å². The van der Waals surface area contributed by atoms with Crippen molar-refractivity contribution in [2.45, 2.75) is 39.4 Å². The first kappa shape index (κ1) is 14.4. The summed E-state index contributed by atoms with van der Waals surface area (Å²) in [6.07, 6.45) is -1.74. The molecule has 0 bridgehead atoms. The highest BCUT2D eigenvalue weighted by molar-refractivity contribution is 5.24. The molecule has 1 saturated carbocycles. The molecule has 1 N–H and O–H groups in total. The Morgan fingerprint density at radius 2 is 1.74 bits per heavy atom. The molecule has 1 aliphatic carbocycles. The molecule has 2 rings (SSSR count). The van der Waals surface area contributed by atoms with Gasteiger partial charge in [-0.05, 0) is 41.9 Å². The summed E-state index contributed by atoms with van der Waals surface area (Å²) in [6, 6.07) is 5.38. The van der Waals surface area contributed by atoms with E-state index in [4.69, 9.17) is 0 Å². The fraction of sp³-hybridized carbons (Fsp3) is 0.600. The van der Waals surface area contributed by atoms with Crippen LogP contribution in [0.2, 0.25) is 0 Å². The van der Waals surface area contributed by atoms with E-state index in [1.165, 1.54) is 12.8 Å². The molecule has 1 nitrogen and oxygen atoms in total. The van der Waals surface area contributed by atoms with E-state index in [0.717, 1.165) is 24.2 Å². The molecule has 0 amide bonds. The summed E-state index contributed by atoms with van der Waals surface area (Å²) < 4.78 is 37.2. The van der Waals surface area contributed by atoms with Gasteiger partial charge in [-0.25, -0.2) is 0 Å². The van der Waals surface area contributed by atoms with Crippen molar-refractivity contribution >= 4 is 0 Å². The minimum atomic E-state index is -4.25. The molecule has 0 heterocycles. The molecule has 0 radical (unpaired) electrons. The van der Waals surface area contributed by atoms with Crippen molar-refractivity contribution < 1.29 is 13.2 Å². The van der Waals surface area contributed by atoms with Gasteiger partial charge in [-0.15, -0.1) is 0 Å². The Morgan fingerprint density at radius 1 is 1.16 bits per heavy atom. The van der Waals surface area contributed by atoms with Gasteiger partial charge < -0.3 is 5.32 Å². The Labute approximate surface area is 112 Å². The molecule has 0 atom stereocenters. The van der Waals surface area contributed by atoms with Crippen molar-refractivity contribution in [3.05, 3.63) is 35.4 Å². The van der Waals surface area contributed by atoms with Crippen LogP contribution in [-0.2, 0) is 12.7 Å². The third kappa shape index (κ3) is 3.50. The van der Waals surface area contributed by atoms with E-state index < -0.39 is 11.7 Å². The van der Waals surface area contributed by atoms with Crippen molar-refractivity contribution in [1.29, 1.82) is 0 Å². The SMILES string of the molecule is CC(C)C1(CNCc2ccc(C(F)(F)F)cc2)CC1. The highest BCUT2D eigenvalue weighted by atomic mass is 19.4. The maximum atomic E-state index is 12.4. The molecular formula is C15H20F3N. The molecular weight excluding hydrogens is 251 g/mol. The smallest absolute Gasteiger partial charge is 0.312 e. The van der Waals surface area contributed by atoms with Crippen molar-refractivity contribution in [3.63, 3.8) is 0 Å². The van der Waals surface area contributed by atoms with Crippen LogP contribution >= 0.6 is 0 Å². The predicted molar refractivity (Wildman–Crippen MR) is 69.7 cm³/mol. The molecule has 0 saturated heterocycles. The number of rotatable bonds is 5. The van der Waals surface area contributed by atoms with E-state index in [1.54, 1.807) is 12.1 Å². The minimum Gasteiger partial charge on any atom is -0.312 e. The summed E-state index contributed by atoms with van der Waals surface area (Å²) in [5.74, 6) is 0.660. The van der Waals surface area contributed by atoms with Crippen molar-refractivity contribution in [1.82, 2.24) is 5.32 Å². The van der Waals surface area contributed by atoms with E-state index in [2.05, 4.69) is 19.2 Å². The zero-order valence-corrected chi connectivity index (χ0v) is 11.3. The van der Waals surface area contributed by atoms with E-state index >= 15 is 0 Å². The third-order valence-corrected chi connectivity index (χ3v) is 4.20. The van der Waals surface area contributed by atoms with Crippen LogP contribution in [0.5, 0.6) is 0 Å². The Bertz CT molecular complexity index is 416. The van der Waals surface area contributed by atoms with Gasteiger partial charge in [0.1, 0.15) is 0 Å². The Hall–Kier alpha value is -1.03. The van der Waals surface area contributed by atoms with Crippen LogP contribution in [0.4, 0.5) is 13.2 Å². The first-order valence-electron chi connectivity index (χ1n) is 6.70. The second-order valence-corrected chi connectivity index (χ2v) is 5.82. The van der Waals surface area contributed by atoms with Crippen molar-refractivity contribution in [2.24, 2.45) is 11.3 Å². The third-order valence-electron chi connectivity index (χ3n) is 4.20. The van der Waals surface area contributed by atoms with Crippen LogP contribution in [-0.4, -0.2) is 6.54 Å². The second-order valence-electron chi connectivity index (χ2n) is 5.82. The van der Waals surface area contributed by atoms with Crippen molar-refractivity contribution in [2.75, 3.05) is 6.54 Å². The van der Waals surface area contributed by atoms with Gasteiger partial charge in [0.25, 0.3) is 0 Å². The molecule has 1 aliphatic rings. The zero-order chi connectivity index (χ0) is 14.1. The summed E-state index contributed by atoms with van der Waals surface area (Å²) in [7, 11) is 0. The Kier molecular flexibility index (Phi) is 3.90. The number of alkyl halides is 3. The van der Waals surface area contributed by atoms with Gasteiger partial charge in [0, 0.05) is 13.1 Å².